The van der Waals surface area contributed by atoms with Crippen molar-refractivity contribution in [2.24, 2.45) is 0 Å². The minimum Gasteiger partial charge on any atom is -0.454 e. The van der Waals surface area contributed by atoms with Crippen LogP contribution in [0.15, 0.2) is 40.1 Å². The number of aromatic nitrogens is 4. The normalized spacial score (nSPS) is 12.8. The van der Waals surface area contributed by atoms with Gasteiger partial charge < -0.3 is 14.0 Å². The number of rotatable bonds is 4. The van der Waals surface area contributed by atoms with Crippen LogP contribution in [0.1, 0.15) is 10.8 Å². The number of thiophene rings is 1. The van der Waals surface area contributed by atoms with E-state index in [1.54, 1.807) is 29.4 Å². The summed E-state index contributed by atoms with van der Waals surface area (Å²) >= 11 is 3.22. The van der Waals surface area contributed by atoms with Crippen LogP contribution >= 0.6 is 23.1 Å². The zero-order chi connectivity index (χ0) is 17.5. The molecule has 0 fully saturated rings. The van der Waals surface area contributed by atoms with E-state index in [2.05, 4.69) is 33.1 Å². The fourth-order valence-electron chi connectivity index (χ4n) is 2.67. The van der Waals surface area contributed by atoms with Gasteiger partial charge in [-0.05, 0) is 31.2 Å². The molecule has 0 N–H and O–H groups in total. The summed E-state index contributed by atoms with van der Waals surface area (Å²) in [6.07, 6.45) is 1.59. The Balaban J connectivity index is 1.36. The van der Waals surface area contributed by atoms with E-state index >= 15 is 0 Å². The molecule has 1 aliphatic heterocycles. The second-order valence-corrected chi connectivity index (χ2v) is 7.82. The first-order chi connectivity index (χ1) is 12.8. The van der Waals surface area contributed by atoms with Crippen LogP contribution in [0.4, 0.5) is 0 Å². The third-order valence-electron chi connectivity index (χ3n) is 3.85. The number of nitrogens with zero attached hydrogens (tertiary/aromatic N) is 4. The zero-order valence-electron chi connectivity index (χ0n) is 13.6. The number of benzene rings is 1. The molecule has 0 atom stereocenters. The summed E-state index contributed by atoms with van der Waals surface area (Å²) in [5.41, 5.74) is 0.826. The molecule has 130 valence electrons. The summed E-state index contributed by atoms with van der Waals surface area (Å²) in [5, 5.41) is 6.05. The van der Waals surface area contributed by atoms with Crippen LogP contribution < -0.4 is 9.47 Å². The third-order valence-corrected chi connectivity index (χ3v) is 5.80. The molecule has 7 nitrogen and oxygen atoms in total. The lowest BCUT2D eigenvalue weighted by molar-refractivity contribution is 0.174. The molecule has 0 aliphatic carbocycles. The van der Waals surface area contributed by atoms with Crippen molar-refractivity contribution in [1.29, 1.82) is 0 Å². The maximum Gasteiger partial charge on any atom is 0.237 e. The smallest absolute Gasteiger partial charge is 0.237 e. The fourth-order valence-corrected chi connectivity index (χ4v) is 4.39. The van der Waals surface area contributed by atoms with Gasteiger partial charge in [0.15, 0.2) is 11.5 Å². The molecule has 9 heteroatoms. The van der Waals surface area contributed by atoms with Crippen molar-refractivity contribution in [2.75, 3.05) is 6.79 Å². The average molecular weight is 384 g/mol. The molecular weight excluding hydrogens is 372 g/mol. The summed E-state index contributed by atoms with van der Waals surface area (Å²) in [4.78, 5) is 15.4. The number of ether oxygens (including phenoxy) is 2. The average Bonchev–Trinajstić information content (AvgIpc) is 3.37. The molecule has 1 aliphatic rings. The van der Waals surface area contributed by atoms with E-state index in [-0.39, 0.29) is 6.79 Å². The number of fused-ring (bicyclic) bond motifs is 2. The lowest BCUT2D eigenvalue weighted by Crippen LogP contribution is -1.92. The topological polar surface area (TPSA) is 83.2 Å². The molecule has 0 amide bonds. The third kappa shape index (κ3) is 2.78. The second-order valence-electron chi connectivity index (χ2n) is 5.62. The number of thioether (sulfide) groups is 1. The first-order valence-electron chi connectivity index (χ1n) is 7.83. The van der Waals surface area contributed by atoms with Crippen LogP contribution in [0.25, 0.3) is 21.6 Å². The highest BCUT2D eigenvalue weighted by Gasteiger charge is 2.17. The SMILES string of the molecule is Cc1cc2c(SCc3nc(-c4ccc5c(c4)OCO5)no3)ncnc2s1. The summed E-state index contributed by atoms with van der Waals surface area (Å²) in [7, 11) is 0. The van der Waals surface area contributed by atoms with Crippen LogP contribution in [0.2, 0.25) is 0 Å². The van der Waals surface area contributed by atoms with Gasteiger partial charge in [0.2, 0.25) is 18.5 Å². The van der Waals surface area contributed by atoms with Crippen molar-refractivity contribution in [1.82, 2.24) is 20.1 Å². The quantitative estimate of drug-likeness (QED) is 0.385. The molecule has 3 aromatic heterocycles. The molecule has 4 aromatic rings. The van der Waals surface area contributed by atoms with Crippen molar-refractivity contribution in [3.8, 4) is 22.9 Å². The van der Waals surface area contributed by atoms with Gasteiger partial charge in [0.25, 0.3) is 0 Å². The predicted octanol–water partition coefficient (Wildman–Crippen LogP) is 4.07. The summed E-state index contributed by atoms with van der Waals surface area (Å²) in [6.45, 7) is 2.30. The van der Waals surface area contributed by atoms with Crippen LogP contribution in [0, 0.1) is 6.92 Å². The van der Waals surface area contributed by atoms with E-state index in [4.69, 9.17) is 14.0 Å². The molecule has 0 unspecified atom stereocenters. The van der Waals surface area contributed by atoms with Crippen molar-refractivity contribution in [3.05, 3.63) is 41.4 Å². The van der Waals surface area contributed by atoms with Crippen LogP contribution in [0.5, 0.6) is 11.5 Å². The highest BCUT2D eigenvalue weighted by molar-refractivity contribution is 7.98. The van der Waals surface area contributed by atoms with Gasteiger partial charge in [-0.1, -0.05) is 16.9 Å². The lowest BCUT2D eigenvalue weighted by Gasteiger charge is -1.99. The highest BCUT2D eigenvalue weighted by atomic mass is 32.2. The van der Waals surface area contributed by atoms with Gasteiger partial charge in [-0.25, -0.2) is 9.97 Å². The van der Waals surface area contributed by atoms with Gasteiger partial charge in [0.1, 0.15) is 16.2 Å². The van der Waals surface area contributed by atoms with Crippen LogP contribution in [-0.2, 0) is 5.75 Å². The molecule has 0 radical (unpaired) electrons. The predicted molar refractivity (Wildman–Crippen MR) is 97.6 cm³/mol. The monoisotopic (exact) mass is 384 g/mol. The molecule has 0 bridgehead atoms. The Hall–Kier alpha value is -2.65. The Morgan fingerprint density at radius 2 is 2.08 bits per heavy atom. The molecule has 5 rings (SSSR count). The van der Waals surface area contributed by atoms with Gasteiger partial charge in [0.05, 0.1) is 5.75 Å². The minimum absolute atomic E-state index is 0.238. The Bertz CT molecular complexity index is 1110. The Morgan fingerprint density at radius 3 is 3.04 bits per heavy atom. The fraction of sp³-hybridized carbons (Fsp3) is 0.176. The van der Waals surface area contributed by atoms with Gasteiger partial charge in [-0.15, -0.1) is 11.3 Å². The van der Waals surface area contributed by atoms with Gasteiger partial charge in [-0.2, -0.15) is 4.98 Å². The van der Waals surface area contributed by atoms with Gasteiger partial charge >= 0.3 is 0 Å². The maximum absolute atomic E-state index is 5.39. The molecule has 4 heterocycles. The first kappa shape index (κ1) is 15.6. The van der Waals surface area contributed by atoms with E-state index in [9.17, 15) is 0 Å². The molecule has 26 heavy (non-hydrogen) atoms. The Labute approximate surface area is 156 Å². The van der Waals surface area contributed by atoms with E-state index in [1.165, 1.54) is 4.88 Å². The zero-order valence-corrected chi connectivity index (χ0v) is 15.3. The van der Waals surface area contributed by atoms with Crippen LogP contribution in [0.3, 0.4) is 0 Å². The molecule has 0 saturated carbocycles. The van der Waals surface area contributed by atoms with Crippen molar-refractivity contribution < 1.29 is 14.0 Å². The summed E-state index contributed by atoms with van der Waals surface area (Å²) in [6, 6.07) is 7.69. The van der Waals surface area contributed by atoms with Crippen molar-refractivity contribution in [3.63, 3.8) is 0 Å². The summed E-state index contributed by atoms with van der Waals surface area (Å²) in [5.74, 6) is 3.03. The maximum atomic E-state index is 5.39. The molecule has 0 saturated heterocycles. The van der Waals surface area contributed by atoms with Gasteiger partial charge in [0, 0.05) is 15.8 Å². The van der Waals surface area contributed by atoms with Crippen molar-refractivity contribution >= 4 is 33.3 Å². The van der Waals surface area contributed by atoms with Gasteiger partial charge in [-0.3, -0.25) is 0 Å². The van der Waals surface area contributed by atoms with E-state index in [0.29, 0.717) is 23.2 Å². The molecule has 0 spiro atoms. The lowest BCUT2D eigenvalue weighted by atomic mass is 10.2. The van der Waals surface area contributed by atoms with Crippen molar-refractivity contribution in [2.45, 2.75) is 17.7 Å². The minimum atomic E-state index is 0.238. The first-order valence-corrected chi connectivity index (χ1v) is 9.63. The van der Waals surface area contributed by atoms with E-state index in [0.717, 1.165) is 26.6 Å². The summed E-state index contributed by atoms with van der Waals surface area (Å²) < 4.78 is 16.1. The standard InChI is InChI=1S/C17H12N4O3S2/c1-9-4-11-16(18-7-19-17(11)26-9)25-6-14-20-15(21-24-14)10-2-3-12-13(5-10)23-8-22-12/h2-5,7H,6,8H2,1H3. The largest absolute Gasteiger partial charge is 0.454 e. The molecular formula is C17H12N4O3S2. The number of aryl methyl sites for hydroxylation is 1. The second kappa shape index (κ2) is 6.26. The van der Waals surface area contributed by atoms with E-state index in [1.807, 2.05) is 18.2 Å². The van der Waals surface area contributed by atoms with Crippen LogP contribution in [-0.4, -0.2) is 26.9 Å². The number of hydrogen-bond donors (Lipinski definition) is 0. The highest BCUT2D eigenvalue weighted by Crippen LogP contribution is 2.36. The Kier molecular flexibility index (Phi) is 3.75. The number of hydrogen-bond acceptors (Lipinski definition) is 9. The van der Waals surface area contributed by atoms with E-state index < -0.39 is 0 Å². The Morgan fingerprint density at radius 1 is 1.15 bits per heavy atom. The molecule has 1 aromatic carbocycles.